The second kappa shape index (κ2) is 4.79. The van der Waals surface area contributed by atoms with Crippen LogP contribution in [0.1, 0.15) is 16.1 Å². The molecule has 1 aromatic heterocycles. The Kier molecular flexibility index (Phi) is 3.18. The summed E-state index contributed by atoms with van der Waals surface area (Å²) in [5.74, 6) is -0.915. The number of rotatable bonds is 2. The second-order valence-corrected chi connectivity index (χ2v) is 3.67. The Balaban J connectivity index is 2.24. The van der Waals surface area contributed by atoms with E-state index in [9.17, 15) is 14.0 Å². The lowest BCUT2D eigenvalue weighted by Gasteiger charge is -2.07. The molecule has 2 N–H and O–H groups in total. The molecule has 0 aliphatic carbocycles. The summed E-state index contributed by atoms with van der Waals surface area (Å²) in [4.78, 5) is 22.6. The first-order valence-corrected chi connectivity index (χ1v) is 5.20. The van der Waals surface area contributed by atoms with Gasteiger partial charge in [-0.1, -0.05) is 6.07 Å². The lowest BCUT2D eigenvalue weighted by molar-refractivity contribution is 0.102. The molecule has 0 spiro atoms. The van der Waals surface area contributed by atoms with Gasteiger partial charge in [-0.2, -0.15) is 5.10 Å². The summed E-state index contributed by atoms with van der Waals surface area (Å²) in [6, 6.07) is 6.88. The number of H-pyrrole nitrogens is 1. The van der Waals surface area contributed by atoms with Crippen LogP contribution in [-0.2, 0) is 0 Å². The number of carbonyl (C=O) groups is 1. The highest BCUT2D eigenvalue weighted by atomic mass is 19.1. The van der Waals surface area contributed by atoms with Gasteiger partial charge in [-0.05, 0) is 25.1 Å². The van der Waals surface area contributed by atoms with E-state index in [2.05, 4.69) is 15.5 Å². The SMILES string of the molecule is Cc1c(F)cccc1NC(=O)c1ccc(=O)[nH]n1. The number of hydrogen-bond donors (Lipinski definition) is 2. The van der Waals surface area contributed by atoms with Crippen molar-refractivity contribution >= 4 is 11.6 Å². The third-order valence-electron chi connectivity index (χ3n) is 2.43. The van der Waals surface area contributed by atoms with Gasteiger partial charge in [-0.3, -0.25) is 9.59 Å². The Morgan fingerprint density at radius 1 is 1.33 bits per heavy atom. The normalized spacial score (nSPS) is 10.1. The van der Waals surface area contributed by atoms with Crippen LogP contribution in [-0.4, -0.2) is 16.1 Å². The summed E-state index contributed by atoms with van der Waals surface area (Å²) in [6.45, 7) is 1.56. The van der Waals surface area contributed by atoms with Crippen LogP contribution in [0.15, 0.2) is 35.1 Å². The number of aromatic amines is 1. The fourth-order valence-electron chi connectivity index (χ4n) is 1.40. The quantitative estimate of drug-likeness (QED) is 0.843. The maximum atomic E-state index is 13.3. The third kappa shape index (κ3) is 2.42. The zero-order valence-corrected chi connectivity index (χ0v) is 9.53. The molecule has 6 heteroatoms. The molecule has 0 unspecified atom stereocenters. The number of nitrogens with zero attached hydrogens (tertiary/aromatic N) is 1. The number of hydrogen-bond acceptors (Lipinski definition) is 3. The van der Waals surface area contributed by atoms with Crippen LogP contribution < -0.4 is 10.9 Å². The molecule has 0 radical (unpaired) electrons. The van der Waals surface area contributed by atoms with E-state index in [1.807, 2.05) is 0 Å². The minimum absolute atomic E-state index is 0.0539. The van der Waals surface area contributed by atoms with Crippen molar-refractivity contribution in [3.8, 4) is 0 Å². The Hall–Kier alpha value is -2.50. The molecule has 0 aliphatic heterocycles. The van der Waals surface area contributed by atoms with Gasteiger partial charge in [0.25, 0.3) is 11.5 Å². The van der Waals surface area contributed by atoms with Gasteiger partial charge in [0.1, 0.15) is 11.5 Å². The van der Waals surface area contributed by atoms with E-state index in [-0.39, 0.29) is 5.69 Å². The molecule has 1 amide bonds. The number of aromatic nitrogens is 2. The molecule has 0 bridgehead atoms. The first kappa shape index (κ1) is 12.0. The van der Waals surface area contributed by atoms with E-state index in [4.69, 9.17) is 0 Å². The fourth-order valence-corrected chi connectivity index (χ4v) is 1.40. The van der Waals surface area contributed by atoms with E-state index >= 15 is 0 Å². The summed E-state index contributed by atoms with van der Waals surface area (Å²) in [6.07, 6.45) is 0. The lowest BCUT2D eigenvalue weighted by Crippen LogP contribution is -2.18. The van der Waals surface area contributed by atoms with E-state index in [1.165, 1.54) is 24.3 Å². The van der Waals surface area contributed by atoms with Crippen molar-refractivity contribution in [2.45, 2.75) is 6.92 Å². The molecular weight excluding hydrogens is 237 g/mol. The van der Waals surface area contributed by atoms with Crippen molar-refractivity contribution in [1.82, 2.24) is 10.2 Å². The van der Waals surface area contributed by atoms with Crippen LogP contribution in [0.25, 0.3) is 0 Å². The molecule has 0 aliphatic rings. The standard InChI is InChI=1S/C12H10FN3O2/c1-7-8(13)3-2-4-9(7)14-12(18)10-5-6-11(17)16-15-10/h2-6H,1H3,(H,14,18)(H,16,17). The summed E-state index contributed by atoms with van der Waals surface area (Å²) in [5.41, 5.74) is 0.370. The van der Waals surface area contributed by atoms with Crippen LogP contribution >= 0.6 is 0 Å². The zero-order valence-electron chi connectivity index (χ0n) is 9.53. The summed E-state index contributed by atoms with van der Waals surface area (Å²) in [7, 11) is 0. The first-order chi connectivity index (χ1) is 8.58. The van der Waals surface area contributed by atoms with Crippen LogP contribution in [0.5, 0.6) is 0 Å². The fraction of sp³-hybridized carbons (Fsp3) is 0.0833. The van der Waals surface area contributed by atoms with E-state index in [1.54, 1.807) is 13.0 Å². The smallest absolute Gasteiger partial charge is 0.276 e. The van der Waals surface area contributed by atoms with Crippen molar-refractivity contribution < 1.29 is 9.18 Å². The van der Waals surface area contributed by atoms with Gasteiger partial charge in [0.05, 0.1) is 0 Å². The summed E-state index contributed by atoms with van der Waals surface area (Å²) < 4.78 is 13.3. The molecule has 2 rings (SSSR count). The zero-order chi connectivity index (χ0) is 13.1. The van der Waals surface area contributed by atoms with Crippen LogP contribution in [0.4, 0.5) is 10.1 Å². The Labute approximate surface area is 102 Å². The minimum Gasteiger partial charge on any atom is -0.320 e. The number of anilines is 1. The van der Waals surface area contributed by atoms with Crippen molar-refractivity contribution in [2.75, 3.05) is 5.32 Å². The molecule has 5 nitrogen and oxygen atoms in total. The molecule has 0 saturated heterocycles. The average Bonchev–Trinajstić information content (AvgIpc) is 2.36. The molecule has 1 heterocycles. The van der Waals surface area contributed by atoms with E-state index in [0.717, 1.165) is 0 Å². The predicted molar refractivity (Wildman–Crippen MR) is 63.9 cm³/mol. The maximum absolute atomic E-state index is 13.3. The molecule has 2 aromatic rings. The Morgan fingerprint density at radius 3 is 2.78 bits per heavy atom. The highest BCUT2D eigenvalue weighted by molar-refractivity contribution is 6.03. The summed E-state index contributed by atoms with van der Waals surface area (Å²) in [5, 5.41) is 8.26. The van der Waals surface area contributed by atoms with Gasteiger partial charge in [0.15, 0.2) is 0 Å². The molecule has 18 heavy (non-hydrogen) atoms. The number of benzene rings is 1. The molecule has 1 aromatic carbocycles. The average molecular weight is 247 g/mol. The topological polar surface area (TPSA) is 74.8 Å². The van der Waals surface area contributed by atoms with Crippen LogP contribution in [0, 0.1) is 12.7 Å². The molecular formula is C12H10FN3O2. The van der Waals surface area contributed by atoms with E-state index in [0.29, 0.717) is 11.3 Å². The lowest BCUT2D eigenvalue weighted by atomic mass is 10.2. The Bertz CT molecular complexity index is 632. The van der Waals surface area contributed by atoms with Gasteiger partial charge >= 0.3 is 0 Å². The maximum Gasteiger partial charge on any atom is 0.276 e. The number of nitrogens with one attached hydrogen (secondary N) is 2. The van der Waals surface area contributed by atoms with Crippen molar-refractivity contribution in [3.05, 3.63) is 57.8 Å². The third-order valence-corrected chi connectivity index (χ3v) is 2.43. The largest absolute Gasteiger partial charge is 0.320 e. The highest BCUT2D eigenvalue weighted by Crippen LogP contribution is 2.17. The monoisotopic (exact) mass is 247 g/mol. The van der Waals surface area contributed by atoms with Crippen LogP contribution in [0.3, 0.4) is 0 Å². The van der Waals surface area contributed by atoms with Crippen LogP contribution in [0.2, 0.25) is 0 Å². The van der Waals surface area contributed by atoms with Gasteiger partial charge in [0.2, 0.25) is 0 Å². The Morgan fingerprint density at radius 2 is 2.11 bits per heavy atom. The minimum atomic E-state index is -0.514. The predicted octanol–water partition coefficient (Wildman–Crippen LogP) is 1.47. The van der Waals surface area contributed by atoms with Crippen molar-refractivity contribution in [3.63, 3.8) is 0 Å². The van der Waals surface area contributed by atoms with Gasteiger partial charge < -0.3 is 5.32 Å². The van der Waals surface area contributed by atoms with Gasteiger partial charge in [0, 0.05) is 17.3 Å². The first-order valence-electron chi connectivity index (χ1n) is 5.20. The van der Waals surface area contributed by atoms with E-state index < -0.39 is 17.3 Å². The van der Waals surface area contributed by atoms with Gasteiger partial charge in [-0.15, -0.1) is 0 Å². The molecule has 92 valence electrons. The highest BCUT2D eigenvalue weighted by Gasteiger charge is 2.10. The second-order valence-electron chi connectivity index (χ2n) is 3.67. The number of amides is 1. The van der Waals surface area contributed by atoms with Gasteiger partial charge in [-0.25, -0.2) is 9.49 Å². The van der Waals surface area contributed by atoms with Crippen molar-refractivity contribution in [2.24, 2.45) is 0 Å². The van der Waals surface area contributed by atoms with Crippen molar-refractivity contribution in [1.29, 1.82) is 0 Å². The molecule has 0 fully saturated rings. The molecule has 0 atom stereocenters. The number of halogens is 1. The number of carbonyl (C=O) groups excluding carboxylic acids is 1. The summed E-state index contributed by atoms with van der Waals surface area (Å²) >= 11 is 0. The molecule has 0 saturated carbocycles.